The van der Waals surface area contributed by atoms with Crippen LogP contribution in [-0.2, 0) is 22.3 Å². The second-order valence-electron chi connectivity index (χ2n) is 11.4. The number of likely N-dealkylation sites (tertiary alicyclic amines) is 1. The van der Waals surface area contributed by atoms with E-state index in [1.165, 1.54) is 12.1 Å². The fourth-order valence-corrected chi connectivity index (χ4v) is 5.90. The van der Waals surface area contributed by atoms with Crippen LogP contribution in [-0.4, -0.2) is 62.6 Å². The monoisotopic (exact) mass is 619 g/mol. The van der Waals surface area contributed by atoms with Gasteiger partial charge in [0, 0.05) is 37.4 Å². The lowest BCUT2D eigenvalue weighted by Crippen LogP contribution is -2.73. The molecular weight excluding hydrogens is 578 g/mol. The molecule has 2 aromatic rings. The SMILES string of the molecule is CCCCN1C(=O)C(CC(C)C)NC(=O)C12CCN(Cc1c(C)nn(-c3ccc(C(F)(F)F)cc3)c1C)CC2.Cl.Cl. The number of carbonyl (C=O) groups is 2. The van der Waals surface area contributed by atoms with E-state index in [-0.39, 0.29) is 36.6 Å². The highest BCUT2D eigenvalue weighted by Gasteiger charge is 2.53. The van der Waals surface area contributed by atoms with Crippen LogP contribution in [0.3, 0.4) is 0 Å². The lowest BCUT2D eigenvalue weighted by Gasteiger charge is -2.52. The predicted octanol–water partition coefficient (Wildman–Crippen LogP) is 5.86. The van der Waals surface area contributed by atoms with Gasteiger partial charge < -0.3 is 10.2 Å². The second-order valence-corrected chi connectivity index (χ2v) is 11.4. The summed E-state index contributed by atoms with van der Waals surface area (Å²) in [6.07, 6.45) is -0.811. The van der Waals surface area contributed by atoms with Gasteiger partial charge in [0.1, 0.15) is 11.6 Å². The zero-order valence-corrected chi connectivity index (χ0v) is 26.0. The third-order valence-electron chi connectivity index (χ3n) is 8.20. The molecule has 7 nitrogen and oxygen atoms in total. The molecule has 0 aliphatic carbocycles. The number of piperazine rings is 1. The lowest BCUT2D eigenvalue weighted by atomic mass is 9.80. The molecule has 1 aromatic carbocycles. The molecule has 12 heteroatoms. The minimum Gasteiger partial charge on any atom is -0.342 e. The van der Waals surface area contributed by atoms with Gasteiger partial charge in [-0.3, -0.25) is 14.5 Å². The van der Waals surface area contributed by atoms with Gasteiger partial charge >= 0.3 is 6.18 Å². The van der Waals surface area contributed by atoms with Crippen molar-refractivity contribution in [3.8, 4) is 5.69 Å². The average Bonchev–Trinajstić information content (AvgIpc) is 3.16. The average molecular weight is 621 g/mol. The molecule has 1 unspecified atom stereocenters. The van der Waals surface area contributed by atoms with Crippen LogP contribution < -0.4 is 5.32 Å². The van der Waals surface area contributed by atoms with E-state index in [9.17, 15) is 22.8 Å². The molecule has 4 rings (SSSR count). The molecule has 0 bridgehead atoms. The topological polar surface area (TPSA) is 70.5 Å². The van der Waals surface area contributed by atoms with E-state index in [4.69, 9.17) is 0 Å². The number of unbranched alkanes of at least 4 members (excludes halogenated alkanes) is 1. The summed E-state index contributed by atoms with van der Waals surface area (Å²) < 4.78 is 40.6. The highest BCUT2D eigenvalue weighted by Crippen LogP contribution is 2.35. The van der Waals surface area contributed by atoms with Gasteiger partial charge in [0.25, 0.3) is 0 Å². The van der Waals surface area contributed by atoms with Gasteiger partial charge in [-0.15, -0.1) is 24.8 Å². The molecule has 1 spiro atoms. The van der Waals surface area contributed by atoms with Crippen LogP contribution in [0.1, 0.15) is 75.4 Å². The molecule has 1 aromatic heterocycles. The van der Waals surface area contributed by atoms with E-state index in [1.807, 2.05) is 18.7 Å². The number of carbonyl (C=O) groups excluding carboxylic acids is 2. The van der Waals surface area contributed by atoms with Crippen LogP contribution in [0.4, 0.5) is 13.2 Å². The number of benzene rings is 1. The number of alkyl halides is 3. The largest absolute Gasteiger partial charge is 0.416 e. The molecule has 0 radical (unpaired) electrons. The van der Waals surface area contributed by atoms with Crippen molar-refractivity contribution in [2.45, 2.75) is 91.0 Å². The van der Waals surface area contributed by atoms with E-state index < -0.39 is 23.3 Å². The van der Waals surface area contributed by atoms with Gasteiger partial charge in [0.15, 0.2) is 0 Å². The van der Waals surface area contributed by atoms with E-state index in [1.54, 1.807) is 4.68 Å². The molecule has 41 heavy (non-hydrogen) atoms. The van der Waals surface area contributed by atoms with Crippen LogP contribution in [0.25, 0.3) is 5.69 Å². The maximum absolute atomic E-state index is 13.5. The minimum atomic E-state index is -4.38. The molecule has 3 heterocycles. The van der Waals surface area contributed by atoms with Crippen LogP contribution in [0.5, 0.6) is 0 Å². The Morgan fingerprint density at radius 2 is 1.68 bits per heavy atom. The van der Waals surface area contributed by atoms with Gasteiger partial charge in [-0.25, -0.2) is 4.68 Å². The first-order valence-electron chi connectivity index (χ1n) is 13.9. The Kier molecular flexibility index (Phi) is 11.7. The van der Waals surface area contributed by atoms with Crippen molar-refractivity contribution in [2.75, 3.05) is 19.6 Å². The number of aryl methyl sites for hydroxylation is 1. The number of halogens is 5. The highest BCUT2D eigenvalue weighted by molar-refractivity contribution is 6.00. The zero-order valence-electron chi connectivity index (χ0n) is 24.4. The summed E-state index contributed by atoms with van der Waals surface area (Å²) >= 11 is 0. The summed E-state index contributed by atoms with van der Waals surface area (Å²) in [7, 11) is 0. The smallest absolute Gasteiger partial charge is 0.342 e. The van der Waals surface area contributed by atoms with E-state index in [0.29, 0.717) is 57.0 Å². The molecule has 2 amide bonds. The first-order chi connectivity index (χ1) is 18.4. The minimum absolute atomic E-state index is 0. The molecule has 0 saturated carbocycles. The molecule has 1 N–H and O–H groups in total. The Labute approximate surface area is 253 Å². The summed E-state index contributed by atoms with van der Waals surface area (Å²) in [6, 6.07) is 4.56. The first-order valence-corrected chi connectivity index (χ1v) is 13.9. The maximum Gasteiger partial charge on any atom is 0.416 e. The third-order valence-corrected chi connectivity index (χ3v) is 8.20. The molecular formula is C29H42Cl2F3N5O2. The van der Waals surface area contributed by atoms with E-state index in [0.717, 1.165) is 41.9 Å². The molecule has 2 aliphatic rings. The number of piperidine rings is 1. The summed E-state index contributed by atoms with van der Waals surface area (Å²) in [5.41, 5.74) is 1.79. The van der Waals surface area contributed by atoms with Crippen molar-refractivity contribution < 1.29 is 22.8 Å². The number of nitrogens with zero attached hydrogens (tertiary/aromatic N) is 4. The van der Waals surface area contributed by atoms with Crippen molar-refractivity contribution in [1.82, 2.24) is 24.9 Å². The van der Waals surface area contributed by atoms with Gasteiger partial charge in [-0.2, -0.15) is 18.3 Å². The molecule has 1 atom stereocenters. The van der Waals surface area contributed by atoms with Gasteiger partial charge in [-0.05, 0) is 69.7 Å². The Morgan fingerprint density at radius 1 is 1.07 bits per heavy atom. The van der Waals surface area contributed by atoms with Crippen LogP contribution in [0.2, 0.25) is 0 Å². The summed E-state index contributed by atoms with van der Waals surface area (Å²) in [5, 5.41) is 7.66. The number of amides is 2. The quantitative estimate of drug-likeness (QED) is 0.402. The highest BCUT2D eigenvalue weighted by atomic mass is 35.5. The van der Waals surface area contributed by atoms with Crippen LogP contribution in [0.15, 0.2) is 24.3 Å². The Hall–Kier alpha value is -2.30. The van der Waals surface area contributed by atoms with Gasteiger partial charge in [0.2, 0.25) is 11.8 Å². The molecule has 2 fully saturated rings. The van der Waals surface area contributed by atoms with Crippen LogP contribution >= 0.6 is 24.8 Å². The number of hydrogen-bond donors (Lipinski definition) is 1. The predicted molar refractivity (Wildman–Crippen MR) is 158 cm³/mol. The number of aromatic nitrogens is 2. The molecule has 230 valence electrons. The second kappa shape index (κ2) is 13.8. The number of hydrogen-bond acceptors (Lipinski definition) is 4. The Bertz CT molecular complexity index is 1190. The van der Waals surface area contributed by atoms with Gasteiger partial charge in [0.05, 0.1) is 16.9 Å². The maximum atomic E-state index is 13.5. The fourth-order valence-electron chi connectivity index (χ4n) is 5.90. The van der Waals surface area contributed by atoms with Crippen molar-refractivity contribution in [1.29, 1.82) is 0 Å². The number of rotatable bonds is 8. The number of nitrogens with one attached hydrogen (secondary N) is 1. The standard InChI is InChI=1S/C29H40F3N5O2.2ClH/c1-6-7-14-36-26(38)25(17-19(2)3)33-27(39)28(36)12-15-35(16-13-28)18-24-20(4)34-37(21(24)5)23-10-8-22(9-11-23)29(30,31)32;;/h8-11,19,25H,6-7,12-18H2,1-5H3,(H,33,39);2*1H. The van der Waals surface area contributed by atoms with Gasteiger partial charge in [-0.1, -0.05) is 27.2 Å². The lowest BCUT2D eigenvalue weighted by molar-refractivity contribution is -0.161. The summed E-state index contributed by atoms with van der Waals surface area (Å²) in [6.45, 7) is 12.6. The molecule has 2 saturated heterocycles. The summed E-state index contributed by atoms with van der Waals surface area (Å²) in [4.78, 5) is 31.1. The third kappa shape index (κ3) is 7.20. The Balaban J connectivity index is 0.00000294. The van der Waals surface area contributed by atoms with Crippen LogP contribution in [0, 0.1) is 19.8 Å². The molecule has 2 aliphatic heterocycles. The van der Waals surface area contributed by atoms with Crippen molar-refractivity contribution in [2.24, 2.45) is 5.92 Å². The summed E-state index contributed by atoms with van der Waals surface area (Å²) in [5.74, 6) is 0.304. The van der Waals surface area contributed by atoms with Crippen molar-refractivity contribution in [3.63, 3.8) is 0 Å². The Morgan fingerprint density at radius 3 is 2.22 bits per heavy atom. The fraction of sp³-hybridized carbons (Fsp3) is 0.621. The van der Waals surface area contributed by atoms with Crippen molar-refractivity contribution >= 4 is 36.6 Å². The first kappa shape index (κ1) is 34.9. The van der Waals surface area contributed by atoms with Crippen molar-refractivity contribution in [3.05, 3.63) is 46.8 Å². The van der Waals surface area contributed by atoms with E-state index in [2.05, 4.69) is 36.1 Å². The van der Waals surface area contributed by atoms with E-state index >= 15 is 0 Å². The normalized spacial score (nSPS) is 19.2. The zero-order chi connectivity index (χ0) is 28.5.